The summed E-state index contributed by atoms with van der Waals surface area (Å²) in [5.41, 5.74) is -1.90. The second kappa shape index (κ2) is 4.77. The summed E-state index contributed by atoms with van der Waals surface area (Å²) in [7, 11) is -3.27. The predicted molar refractivity (Wildman–Crippen MR) is 65.3 cm³/mol. The van der Waals surface area contributed by atoms with Crippen LogP contribution >= 0.6 is 0 Å². The molecule has 2 aliphatic rings. The van der Waals surface area contributed by atoms with Crippen molar-refractivity contribution < 1.29 is 17.6 Å². The maximum absolute atomic E-state index is 14.4. The van der Waals surface area contributed by atoms with Crippen molar-refractivity contribution >= 4 is 15.9 Å². The van der Waals surface area contributed by atoms with Gasteiger partial charge in [0.2, 0.25) is 10.0 Å². The van der Waals surface area contributed by atoms with Crippen LogP contribution in [0.3, 0.4) is 0 Å². The molecule has 0 aromatic rings. The van der Waals surface area contributed by atoms with Gasteiger partial charge in [-0.3, -0.25) is 4.79 Å². The molecule has 1 aliphatic carbocycles. The van der Waals surface area contributed by atoms with E-state index in [2.05, 4.69) is 5.32 Å². The maximum atomic E-state index is 14.4. The molecule has 1 saturated carbocycles. The molecule has 104 valence electrons. The third-order valence-electron chi connectivity index (χ3n) is 3.59. The van der Waals surface area contributed by atoms with Crippen LogP contribution in [0.1, 0.15) is 32.6 Å². The van der Waals surface area contributed by atoms with Crippen LogP contribution in [0.15, 0.2) is 0 Å². The quantitative estimate of drug-likeness (QED) is 0.810. The summed E-state index contributed by atoms with van der Waals surface area (Å²) in [6.45, 7) is 1.74. The lowest BCUT2D eigenvalue weighted by Crippen LogP contribution is -2.52. The Labute approximate surface area is 107 Å². The molecule has 0 atom stereocenters. The van der Waals surface area contributed by atoms with Gasteiger partial charge in [-0.05, 0) is 19.8 Å². The van der Waals surface area contributed by atoms with Crippen molar-refractivity contribution in [2.24, 2.45) is 0 Å². The fraction of sp³-hybridized carbons (Fsp3) is 0.909. The number of nitrogens with one attached hydrogen (secondary N) is 1. The molecule has 2 fully saturated rings. The normalized spacial score (nSPS) is 24.8. The number of carbonyl (C=O) groups excluding carboxylic acids is 1. The molecule has 1 aliphatic heterocycles. The zero-order valence-electron chi connectivity index (χ0n) is 10.5. The molecule has 1 N–H and O–H groups in total. The number of rotatable bonds is 4. The van der Waals surface area contributed by atoms with Crippen LogP contribution in [0, 0.1) is 0 Å². The highest BCUT2D eigenvalue weighted by Crippen LogP contribution is 2.30. The van der Waals surface area contributed by atoms with Crippen LogP contribution < -0.4 is 5.32 Å². The SMILES string of the molecule is CCS(=O)(=O)N1CCC(F)(C(=O)NC2CC2)CC1. The standard InChI is InChI=1S/C11H19FN2O3S/c1-2-18(16,17)14-7-5-11(12,6-8-14)10(15)13-9-3-4-9/h9H,2-8H2,1H3,(H,13,15). The van der Waals surface area contributed by atoms with Gasteiger partial charge < -0.3 is 5.32 Å². The van der Waals surface area contributed by atoms with E-state index < -0.39 is 21.6 Å². The van der Waals surface area contributed by atoms with Gasteiger partial charge in [-0.25, -0.2) is 17.1 Å². The minimum atomic E-state index is -3.27. The molecule has 1 saturated heterocycles. The fourth-order valence-electron chi connectivity index (χ4n) is 2.07. The number of sulfonamides is 1. The smallest absolute Gasteiger partial charge is 0.257 e. The molecule has 0 spiro atoms. The average Bonchev–Trinajstić information content (AvgIpc) is 3.13. The van der Waals surface area contributed by atoms with E-state index in [0.717, 1.165) is 12.8 Å². The van der Waals surface area contributed by atoms with Gasteiger partial charge >= 0.3 is 0 Å². The van der Waals surface area contributed by atoms with Crippen molar-refractivity contribution in [1.82, 2.24) is 9.62 Å². The number of halogens is 1. The summed E-state index contributed by atoms with van der Waals surface area (Å²) >= 11 is 0. The van der Waals surface area contributed by atoms with Crippen molar-refractivity contribution in [3.63, 3.8) is 0 Å². The van der Waals surface area contributed by atoms with Crippen molar-refractivity contribution in [2.75, 3.05) is 18.8 Å². The molecule has 0 aromatic carbocycles. The molecule has 0 unspecified atom stereocenters. The molecule has 2 rings (SSSR count). The van der Waals surface area contributed by atoms with E-state index in [4.69, 9.17) is 0 Å². The van der Waals surface area contributed by atoms with E-state index in [1.165, 1.54) is 4.31 Å². The summed E-state index contributed by atoms with van der Waals surface area (Å²) in [5, 5.41) is 2.65. The van der Waals surface area contributed by atoms with Gasteiger partial charge in [-0.1, -0.05) is 0 Å². The summed E-state index contributed by atoms with van der Waals surface area (Å²) in [6.07, 6.45) is 1.73. The van der Waals surface area contributed by atoms with Crippen LogP contribution in [-0.4, -0.2) is 49.2 Å². The molecule has 18 heavy (non-hydrogen) atoms. The molecule has 1 amide bonds. The lowest BCUT2D eigenvalue weighted by Gasteiger charge is -2.34. The van der Waals surface area contributed by atoms with Crippen molar-refractivity contribution in [3.8, 4) is 0 Å². The monoisotopic (exact) mass is 278 g/mol. The van der Waals surface area contributed by atoms with Crippen LogP contribution in [0.5, 0.6) is 0 Å². The lowest BCUT2D eigenvalue weighted by molar-refractivity contribution is -0.135. The molecule has 7 heteroatoms. The Morgan fingerprint density at radius 1 is 1.39 bits per heavy atom. The van der Waals surface area contributed by atoms with E-state index in [0.29, 0.717) is 0 Å². The summed E-state index contributed by atoms with van der Waals surface area (Å²) in [4.78, 5) is 11.7. The third-order valence-corrected chi connectivity index (χ3v) is 5.47. The molecule has 5 nitrogen and oxygen atoms in total. The highest BCUT2D eigenvalue weighted by molar-refractivity contribution is 7.89. The molecule has 0 radical (unpaired) electrons. The first-order chi connectivity index (χ1) is 8.37. The molecule has 1 heterocycles. The van der Waals surface area contributed by atoms with Crippen molar-refractivity contribution in [3.05, 3.63) is 0 Å². The van der Waals surface area contributed by atoms with Gasteiger partial charge in [0, 0.05) is 32.0 Å². The first-order valence-corrected chi connectivity index (χ1v) is 7.96. The number of amides is 1. The minimum absolute atomic E-state index is 0.0144. The Hall–Kier alpha value is -0.690. The van der Waals surface area contributed by atoms with Crippen LogP contribution in [0.25, 0.3) is 0 Å². The van der Waals surface area contributed by atoms with Crippen LogP contribution in [0.2, 0.25) is 0 Å². The third kappa shape index (κ3) is 2.83. The fourth-order valence-corrected chi connectivity index (χ4v) is 3.17. The van der Waals surface area contributed by atoms with E-state index in [-0.39, 0.29) is 37.7 Å². The Morgan fingerprint density at radius 3 is 2.39 bits per heavy atom. The first kappa shape index (κ1) is 13.7. The minimum Gasteiger partial charge on any atom is -0.351 e. The zero-order valence-corrected chi connectivity index (χ0v) is 11.3. The van der Waals surface area contributed by atoms with E-state index in [1.54, 1.807) is 6.92 Å². The number of piperidine rings is 1. The summed E-state index contributed by atoms with van der Waals surface area (Å²) in [5.74, 6) is -0.556. The molecular weight excluding hydrogens is 259 g/mol. The van der Waals surface area contributed by atoms with Gasteiger partial charge in [0.1, 0.15) is 0 Å². The van der Waals surface area contributed by atoms with Gasteiger partial charge in [0.05, 0.1) is 5.75 Å². The molecule has 0 bridgehead atoms. The van der Waals surface area contributed by atoms with Crippen LogP contribution in [0.4, 0.5) is 4.39 Å². The highest BCUT2D eigenvalue weighted by atomic mass is 32.2. The topological polar surface area (TPSA) is 66.5 Å². The largest absolute Gasteiger partial charge is 0.351 e. The van der Waals surface area contributed by atoms with E-state index >= 15 is 0 Å². The Balaban J connectivity index is 1.93. The number of carbonyl (C=O) groups is 1. The summed E-state index contributed by atoms with van der Waals surface area (Å²) in [6, 6.07) is 0.127. The Kier molecular flexibility index (Phi) is 3.64. The van der Waals surface area contributed by atoms with E-state index in [1.807, 2.05) is 0 Å². The number of nitrogens with zero attached hydrogens (tertiary/aromatic N) is 1. The van der Waals surface area contributed by atoms with E-state index in [9.17, 15) is 17.6 Å². The summed E-state index contributed by atoms with van der Waals surface area (Å²) < 4.78 is 38.9. The molecule has 0 aromatic heterocycles. The zero-order chi connectivity index (χ0) is 13.4. The number of alkyl halides is 1. The highest BCUT2D eigenvalue weighted by Gasteiger charge is 2.45. The molecular formula is C11H19FN2O3S. The Bertz CT molecular complexity index is 426. The van der Waals surface area contributed by atoms with Gasteiger partial charge in [-0.2, -0.15) is 0 Å². The lowest BCUT2D eigenvalue weighted by atomic mass is 9.93. The van der Waals surface area contributed by atoms with Crippen LogP contribution in [-0.2, 0) is 14.8 Å². The number of hydrogen-bond acceptors (Lipinski definition) is 3. The van der Waals surface area contributed by atoms with Gasteiger partial charge in [0.15, 0.2) is 5.67 Å². The van der Waals surface area contributed by atoms with Crippen molar-refractivity contribution in [1.29, 1.82) is 0 Å². The maximum Gasteiger partial charge on any atom is 0.257 e. The predicted octanol–water partition coefficient (Wildman–Crippen LogP) is 0.419. The second-order valence-electron chi connectivity index (χ2n) is 5.01. The second-order valence-corrected chi connectivity index (χ2v) is 7.27. The van der Waals surface area contributed by atoms with Gasteiger partial charge in [0.25, 0.3) is 5.91 Å². The number of hydrogen-bond donors (Lipinski definition) is 1. The first-order valence-electron chi connectivity index (χ1n) is 6.35. The average molecular weight is 278 g/mol. The van der Waals surface area contributed by atoms with Crippen molar-refractivity contribution in [2.45, 2.75) is 44.3 Å². The van der Waals surface area contributed by atoms with Gasteiger partial charge in [-0.15, -0.1) is 0 Å². The Morgan fingerprint density at radius 2 is 1.94 bits per heavy atom.